The minimum atomic E-state index is -3.47. The maximum atomic E-state index is 12.4. The molecule has 0 bridgehead atoms. The molecule has 1 aromatic rings. The minimum absolute atomic E-state index is 0.115. The van der Waals surface area contributed by atoms with E-state index in [9.17, 15) is 8.42 Å². The molecule has 3 nitrogen and oxygen atoms in total. The van der Waals surface area contributed by atoms with Gasteiger partial charge in [-0.1, -0.05) is 43.4 Å². The Labute approximate surface area is 126 Å². The standard InChI is InChI=1S/C15H22ClNO2S/c1-12-8-10-13(11-9-12)20(18,19)17-15-7-5-3-2-4-6-14(15)16/h8-11,14-15,17H,2-7H2,1H3/t14-,15-/m0/s1. The first-order valence-corrected chi connectivity index (χ1v) is 9.14. The number of aryl methyl sites for hydroxylation is 1. The summed E-state index contributed by atoms with van der Waals surface area (Å²) in [4.78, 5) is 0.314. The first-order chi connectivity index (χ1) is 9.49. The highest BCUT2D eigenvalue weighted by Crippen LogP contribution is 2.23. The summed E-state index contributed by atoms with van der Waals surface area (Å²) < 4.78 is 27.6. The number of sulfonamides is 1. The second-order valence-electron chi connectivity index (χ2n) is 5.55. The van der Waals surface area contributed by atoms with E-state index in [-0.39, 0.29) is 11.4 Å². The van der Waals surface area contributed by atoms with Crippen molar-refractivity contribution in [1.82, 2.24) is 4.72 Å². The number of halogens is 1. The molecule has 1 aliphatic rings. The number of benzene rings is 1. The Morgan fingerprint density at radius 1 is 1.05 bits per heavy atom. The van der Waals surface area contributed by atoms with Crippen molar-refractivity contribution in [2.75, 3.05) is 0 Å². The van der Waals surface area contributed by atoms with Crippen LogP contribution in [-0.2, 0) is 10.0 Å². The van der Waals surface area contributed by atoms with E-state index >= 15 is 0 Å². The molecule has 1 N–H and O–H groups in total. The molecule has 1 aliphatic carbocycles. The summed E-state index contributed by atoms with van der Waals surface area (Å²) in [5, 5.41) is -0.115. The number of hydrogen-bond donors (Lipinski definition) is 1. The third-order valence-electron chi connectivity index (χ3n) is 3.82. The largest absolute Gasteiger partial charge is 0.240 e. The summed E-state index contributed by atoms with van der Waals surface area (Å²) in [6, 6.07) is 6.74. The van der Waals surface area contributed by atoms with Crippen molar-refractivity contribution in [3.63, 3.8) is 0 Å². The van der Waals surface area contributed by atoms with Crippen LogP contribution in [0.15, 0.2) is 29.2 Å². The van der Waals surface area contributed by atoms with Gasteiger partial charge in [-0.05, 0) is 31.9 Å². The second-order valence-corrected chi connectivity index (χ2v) is 7.82. The lowest BCUT2D eigenvalue weighted by Crippen LogP contribution is -2.41. The molecule has 5 heteroatoms. The van der Waals surface area contributed by atoms with Crippen LogP contribution in [0.2, 0.25) is 0 Å². The summed E-state index contributed by atoms with van der Waals surface area (Å²) in [7, 11) is -3.47. The van der Waals surface area contributed by atoms with Crippen LogP contribution in [0.4, 0.5) is 0 Å². The van der Waals surface area contributed by atoms with Crippen molar-refractivity contribution < 1.29 is 8.42 Å². The summed E-state index contributed by atoms with van der Waals surface area (Å²) >= 11 is 6.35. The molecule has 1 fully saturated rings. The van der Waals surface area contributed by atoms with Crippen LogP contribution in [-0.4, -0.2) is 19.8 Å². The van der Waals surface area contributed by atoms with Crippen LogP contribution >= 0.6 is 11.6 Å². The van der Waals surface area contributed by atoms with E-state index in [1.807, 2.05) is 19.1 Å². The van der Waals surface area contributed by atoms with Gasteiger partial charge in [-0.25, -0.2) is 13.1 Å². The molecular formula is C15H22ClNO2S. The van der Waals surface area contributed by atoms with Gasteiger partial charge in [-0.15, -0.1) is 11.6 Å². The van der Waals surface area contributed by atoms with E-state index in [1.165, 1.54) is 6.42 Å². The van der Waals surface area contributed by atoms with Gasteiger partial charge in [-0.2, -0.15) is 0 Å². The highest BCUT2D eigenvalue weighted by molar-refractivity contribution is 7.89. The third-order valence-corrected chi connectivity index (χ3v) is 5.85. The van der Waals surface area contributed by atoms with Gasteiger partial charge < -0.3 is 0 Å². The quantitative estimate of drug-likeness (QED) is 0.866. The van der Waals surface area contributed by atoms with Crippen LogP contribution in [0.3, 0.4) is 0 Å². The Hall–Kier alpha value is -0.580. The predicted octanol–water partition coefficient (Wildman–Crippen LogP) is 3.60. The van der Waals surface area contributed by atoms with Gasteiger partial charge in [0, 0.05) is 11.4 Å². The SMILES string of the molecule is Cc1ccc(S(=O)(=O)N[C@H]2CCCCCC[C@@H]2Cl)cc1. The van der Waals surface area contributed by atoms with E-state index in [4.69, 9.17) is 11.6 Å². The lowest BCUT2D eigenvalue weighted by Gasteiger charge is -2.25. The average molecular weight is 316 g/mol. The number of nitrogens with one attached hydrogen (secondary N) is 1. The first-order valence-electron chi connectivity index (χ1n) is 7.22. The van der Waals surface area contributed by atoms with E-state index in [0.29, 0.717) is 4.90 Å². The molecule has 20 heavy (non-hydrogen) atoms. The predicted molar refractivity (Wildman–Crippen MR) is 82.6 cm³/mol. The molecule has 0 aliphatic heterocycles. The highest BCUT2D eigenvalue weighted by atomic mass is 35.5. The third kappa shape index (κ3) is 4.21. The number of rotatable bonds is 3. The average Bonchev–Trinajstić information content (AvgIpc) is 2.39. The van der Waals surface area contributed by atoms with Gasteiger partial charge in [0.1, 0.15) is 0 Å². The smallest absolute Gasteiger partial charge is 0.207 e. The van der Waals surface area contributed by atoms with E-state index in [2.05, 4.69) is 4.72 Å². The molecule has 1 aromatic carbocycles. The Kier molecular flexibility index (Phi) is 5.47. The molecule has 0 saturated heterocycles. The topological polar surface area (TPSA) is 46.2 Å². The summed E-state index contributed by atoms with van der Waals surface area (Å²) in [5.41, 5.74) is 1.05. The Morgan fingerprint density at radius 3 is 2.30 bits per heavy atom. The maximum absolute atomic E-state index is 12.4. The van der Waals surface area contributed by atoms with Gasteiger partial charge >= 0.3 is 0 Å². The lowest BCUT2D eigenvalue weighted by atomic mass is 9.97. The fourth-order valence-electron chi connectivity index (χ4n) is 2.56. The van der Waals surface area contributed by atoms with Gasteiger partial charge in [0.2, 0.25) is 10.0 Å². The Balaban J connectivity index is 2.11. The Morgan fingerprint density at radius 2 is 1.65 bits per heavy atom. The number of hydrogen-bond acceptors (Lipinski definition) is 2. The molecule has 0 heterocycles. The zero-order chi connectivity index (χ0) is 14.6. The summed E-state index contributed by atoms with van der Waals surface area (Å²) in [5.74, 6) is 0. The van der Waals surface area contributed by atoms with Crippen LogP contribution in [0.1, 0.15) is 44.1 Å². The number of alkyl halides is 1. The van der Waals surface area contributed by atoms with Crippen LogP contribution in [0, 0.1) is 6.92 Å². The fraction of sp³-hybridized carbons (Fsp3) is 0.600. The van der Waals surface area contributed by atoms with Crippen LogP contribution in [0.5, 0.6) is 0 Å². The maximum Gasteiger partial charge on any atom is 0.240 e. The minimum Gasteiger partial charge on any atom is -0.207 e. The first kappa shape index (κ1) is 15.8. The van der Waals surface area contributed by atoms with Gasteiger partial charge in [0.05, 0.1) is 4.90 Å². The van der Waals surface area contributed by atoms with Crippen molar-refractivity contribution in [2.24, 2.45) is 0 Å². The monoisotopic (exact) mass is 315 g/mol. The molecule has 1 saturated carbocycles. The second kappa shape index (κ2) is 6.92. The molecule has 2 atom stereocenters. The van der Waals surface area contributed by atoms with Crippen molar-refractivity contribution in [1.29, 1.82) is 0 Å². The molecule has 0 amide bonds. The molecule has 0 radical (unpaired) electrons. The van der Waals surface area contributed by atoms with Crippen molar-refractivity contribution in [3.8, 4) is 0 Å². The van der Waals surface area contributed by atoms with Gasteiger partial charge in [0.15, 0.2) is 0 Å². The summed E-state index contributed by atoms with van der Waals surface area (Å²) in [6.45, 7) is 1.94. The molecular weight excluding hydrogens is 294 g/mol. The van der Waals surface area contributed by atoms with E-state index in [0.717, 1.165) is 37.7 Å². The molecule has 0 spiro atoms. The summed E-state index contributed by atoms with van der Waals surface area (Å²) in [6.07, 6.45) is 6.16. The zero-order valence-corrected chi connectivity index (χ0v) is 13.4. The normalized spacial score (nSPS) is 24.9. The molecule has 0 unspecified atom stereocenters. The Bertz CT molecular complexity index is 527. The van der Waals surface area contributed by atoms with Crippen molar-refractivity contribution in [2.45, 2.75) is 61.8 Å². The molecule has 2 rings (SSSR count). The van der Waals surface area contributed by atoms with Gasteiger partial charge in [-0.3, -0.25) is 0 Å². The van der Waals surface area contributed by atoms with Gasteiger partial charge in [0.25, 0.3) is 0 Å². The van der Waals surface area contributed by atoms with E-state index in [1.54, 1.807) is 12.1 Å². The van der Waals surface area contributed by atoms with Crippen molar-refractivity contribution in [3.05, 3.63) is 29.8 Å². The van der Waals surface area contributed by atoms with Crippen molar-refractivity contribution >= 4 is 21.6 Å². The zero-order valence-electron chi connectivity index (χ0n) is 11.8. The van der Waals surface area contributed by atoms with E-state index < -0.39 is 10.0 Å². The lowest BCUT2D eigenvalue weighted by molar-refractivity contribution is 0.432. The highest BCUT2D eigenvalue weighted by Gasteiger charge is 2.26. The fourth-order valence-corrected chi connectivity index (χ4v) is 4.29. The van der Waals surface area contributed by atoms with Crippen LogP contribution < -0.4 is 4.72 Å². The molecule has 112 valence electrons. The van der Waals surface area contributed by atoms with Crippen LogP contribution in [0.25, 0.3) is 0 Å². The molecule has 0 aromatic heterocycles.